The Bertz CT molecular complexity index is 522. The van der Waals surface area contributed by atoms with Crippen LogP contribution < -0.4 is 4.72 Å². The van der Waals surface area contributed by atoms with E-state index in [0.29, 0.717) is 13.0 Å². The van der Waals surface area contributed by atoms with Crippen molar-refractivity contribution in [2.75, 3.05) is 6.54 Å². The number of nitrogens with one attached hydrogen (secondary N) is 1. The maximum atomic E-state index is 11.9. The molecule has 5 nitrogen and oxygen atoms in total. The van der Waals surface area contributed by atoms with Crippen LogP contribution >= 0.6 is 0 Å². The summed E-state index contributed by atoms with van der Waals surface area (Å²) in [7, 11) is -3.62. The van der Waals surface area contributed by atoms with E-state index >= 15 is 0 Å². The van der Waals surface area contributed by atoms with Gasteiger partial charge in [-0.3, -0.25) is 0 Å². The molecule has 0 aromatic heterocycles. The molecule has 0 amide bonds. The van der Waals surface area contributed by atoms with Crippen LogP contribution in [0.2, 0.25) is 0 Å². The summed E-state index contributed by atoms with van der Waals surface area (Å²) in [6, 6.07) is 4.22. The Labute approximate surface area is 101 Å². The van der Waals surface area contributed by atoms with E-state index in [4.69, 9.17) is 5.11 Å². The summed E-state index contributed by atoms with van der Waals surface area (Å²) in [5.41, 5.74) is 0.257. The Hall–Kier alpha value is -1.40. The van der Waals surface area contributed by atoms with Crippen molar-refractivity contribution in [1.29, 1.82) is 0 Å². The lowest BCUT2D eigenvalue weighted by atomic mass is 10.1. The highest BCUT2D eigenvalue weighted by atomic mass is 32.2. The summed E-state index contributed by atoms with van der Waals surface area (Å²) in [6.45, 7) is 3.67. The second-order valence-corrected chi connectivity index (χ2v) is 5.37. The van der Waals surface area contributed by atoms with Crippen molar-refractivity contribution in [3.05, 3.63) is 29.3 Å². The molecule has 0 saturated heterocycles. The first kappa shape index (κ1) is 13.7. The summed E-state index contributed by atoms with van der Waals surface area (Å²) in [6.07, 6.45) is 0.677. The average Bonchev–Trinajstić information content (AvgIpc) is 2.26. The van der Waals surface area contributed by atoms with Crippen molar-refractivity contribution < 1.29 is 18.3 Å². The molecular formula is C11H15NO4S. The van der Waals surface area contributed by atoms with Crippen molar-refractivity contribution in [1.82, 2.24) is 4.72 Å². The molecule has 94 valence electrons. The van der Waals surface area contributed by atoms with Gasteiger partial charge in [0.25, 0.3) is 0 Å². The molecule has 0 atom stereocenters. The number of hydrogen-bond acceptors (Lipinski definition) is 3. The summed E-state index contributed by atoms with van der Waals surface area (Å²) < 4.78 is 26.2. The monoisotopic (exact) mass is 257 g/mol. The molecular weight excluding hydrogens is 242 g/mol. The largest absolute Gasteiger partial charge is 0.478 e. The van der Waals surface area contributed by atoms with Crippen molar-refractivity contribution in [2.45, 2.75) is 25.2 Å². The quantitative estimate of drug-likeness (QED) is 0.834. The zero-order valence-electron chi connectivity index (χ0n) is 9.73. The number of carboxylic acids is 1. The van der Waals surface area contributed by atoms with Crippen molar-refractivity contribution in [2.24, 2.45) is 0 Å². The van der Waals surface area contributed by atoms with Crippen molar-refractivity contribution >= 4 is 16.0 Å². The molecule has 0 saturated carbocycles. The number of hydrogen-bond donors (Lipinski definition) is 2. The van der Waals surface area contributed by atoms with E-state index < -0.39 is 16.0 Å². The van der Waals surface area contributed by atoms with Gasteiger partial charge in [-0.2, -0.15) is 0 Å². The summed E-state index contributed by atoms with van der Waals surface area (Å²) in [5, 5.41) is 8.92. The minimum Gasteiger partial charge on any atom is -0.478 e. The Morgan fingerprint density at radius 3 is 2.59 bits per heavy atom. The lowest BCUT2D eigenvalue weighted by molar-refractivity contribution is 0.0696. The molecule has 0 aliphatic rings. The molecule has 0 aliphatic heterocycles. The van der Waals surface area contributed by atoms with E-state index in [1.165, 1.54) is 25.1 Å². The van der Waals surface area contributed by atoms with Crippen LogP contribution in [-0.2, 0) is 10.0 Å². The van der Waals surface area contributed by atoms with Crippen LogP contribution in [0.25, 0.3) is 0 Å². The Kier molecular flexibility index (Phi) is 4.25. The second kappa shape index (κ2) is 5.29. The Balaban J connectivity index is 3.24. The number of sulfonamides is 1. The van der Waals surface area contributed by atoms with Gasteiger partial charge in [0.05, 0.1) is 10.5 Å². The van der Waals surface area contributed by atoms with Crippen LogP contribution in [0.15, 0.2) is 23.1 Å². The number of benzene rings is 1. The van der Waals surface area contributed by atoms with Crippen molar-refractivity contribution in [3.63, 3.8) is 0 Å². The van der Waals surface area contributed by atoms with E-state index in [1.54, 1.807) is 0 Å². The first-order chi connectivity index (χ1) is 7.90. The predicted molar refractivity (Wildman–Crippen MR) is 63.6 cm³/mol. The molecule has 0 radical (unpaired) electrons. The normalized spacial score (nSPS) is 11.4. The van der Waals surface area contributed by atoms with E-state index in [0.717, 1.165) is 0 Å². The maximum Gasteiger partial charge on any atom is 0.335 e. The molecule has 0 heterocycles. The average molecular weight is 257 g/mol. The highest BCUT2D eigenvalue weighted by molar-refractivity contribution is 7.89. The molecule has 0 fully saturated rings. The maximum absolute atomic E-state index is 11.9. The van der Waals surface area contributed by atoms with E-state index in [-0.39, 0.29) is 16.0 Å². The summed E-state index contributed by atoms with van der Waals surface area (Å²) >= 11 is 0. The predicted octanol–water partition coefficient (Wildman–Crippen LogP) is 1.38. The molecule has 0 bridgehead atoms. The Morgan fingerprint density at radius 2 is 2.06 bits per heavy atom. The third-order valence-corrected chi connectivity index (χ3v) is 3.95. The minimum atomic E-state index is -3.62. The third kappa shape index (κ3) is 3.04. The van der Waals surface area contributed by atoms with E-state index in [9.17, 15) is 13.2 Å². The molecule has 17 heavy (non-hydrogen) atoms. The van der Waals surface area contributed by atoms with Gasteiger partial charge < -0.3 is 5.11 Å². The topological polar surface area (TPSA) is 83.5 Å². The van der Waals surface area contributed by atoms with Crippen LogP contribution in [0.5, 0.6) is 0 Å². The van der Waals surface area contributed by atoms with Gasteiger partial charge in [0, 0.05) is 6.54 Å². The number of rotatable bonds is 5. The van der Waals surface area contributed by atoms with Gasteiger partial charge >= 0.3 is 5.97 Å². The molecule has 1 aromatic rings. The van der Waals surface area contributed by atoms with Gasteiger partial charge in [-0.25, -0.2) is 17.9 Å². The van der Waals surface area contributed by atoms with Crippen LogP contribution in [-0.4, -0.2) is 26.0 Å². The number of aromatic carboxylic acids is 1. The zero-order chi connectivity index (χ0) is 13.1. The lowest BCUT2D eigenvalue weighted by Gasteiger charge is -2.10. The van der Waals surface area contributed by atoms with E-state index in [1.807, 2.05) is 6.92 Å². The van der Waals surface area contributed by atoms with Gasteiger partial charge in [0.1, 0.15) is 0 Å². The molecule has 1 rings (SSSR count). The number of carboxylic acid groups (broad SMARTS) is 1. The first-order valence-corrected chi connectivity index (χ1v) is 6.71. The third-order valence-electron chi connectivity index (χ3n) is 2.35. The molecule has 0 spiro atoms. The highest BCUT2D eigenvalue weighted by Gasteiger charge is 2.19. The standard InChI is InChI=1S/C11H15NO4S/c1-3-7-12-17(15,16)10-6-4-5-9(8(10)2)11(13)14/h4-6,12H,3,7H2,1-2H3,(H,13,14). The highest BCUT2D eigenvalue weighted by Crippen LogP contribution is 2.18. The number of carbonyl (C=O) groups is 1. The fraction of sp³-hybridized carbons (Fsp3) is 0.364. The van der Waals surface area contributed by atoms with Crippen molar-refractivity contribution in [3.8, 4) is 0 Å². The molecule has 2 N–H and O–H groups in total. The van der Waals surface area contributed by atoms with Crippen LogP contribution in [0.3, 0.4) is 0 Å². The first-order valence-electron chi connectivity index (χ1n) is 5.22. The second-order valence-electron chi connectivity index (χ2n) is 3.63. The van der Waals surface area contributed by atoms with E-state index in [2.05, 4.69) is 4.72 Å². The van der Waals surface area contributed by atoms with Gasteiger partial charge in [0.2, 0.25) is 10.0 Å². The zero-order valence-corrected chi connectivity index (χ0v) is 10.5. The summed E-state index contributed by atoms with van der Waals surface area (Å²) in [4.78, 5) is 10.9. The molecule has 1 aromatic carbocycles. The van der Waals surface area contributed by atoms with Gasteiger partial charge in [-0.15, -0.1) is 0 Å². The fourth-order valence-corrected chi connectivity index (χ4v) is 2.85. The molecule has 0 unspecified atom stereocenters. The van der Waals surface area contributed by atoms with Gasteiger partial charge in [0.15, 0.2) is 0 Å². The fourth-order valence-electron chi connectivity index (χ4n) is 1.45. The molecule has 0 aliphatic carbocycles. The van der Waals surface area contributed by atoms with Gasteiger partial charge in [-0.05, 0) is 31.0 Å². The molecule has 6 heteroatoms. The van der Waals surface area contributed by atoms with Gasteiger partial charge in [-0.1, -0.05) is 13.0 Å². The van der Waals surface area contributed by atoms with Crippen LogP contribution in [0, 0.1) is 6.92 Å². The lowest BCUT2D eigenvalue weighted by Crippen LogP contribution is -2.25. The van der Waals surface area contributed by atoms with Crippen LogP contribution in [0.4, 0.5) is 0 Å². The minimum absolute atomic E-state index is 0.00405. The summed E-state index contributed by atoms with van der Waals surface area (Å²) in [5.74, 6) is -1.13. The Morgan fingerprint density at radius 1 is 1.41 bits per heavy atom. The van der Waals surface area contributed by atoms with Crippen LogP contribution in [0.1, 0.15) is 29.3 Å². The SMILES string of the molecule is CCCNS(=O)(=O)c1cccc(C(=O)O)c1C. The smallest absolute Gasteiger partial charge is 0.335 e.